The van der Waals surface area contributed by atoms with Gasteiger partial charge in [0.05, 0.1) is 0 Å². The van der Waals surface area contributed by atoms with Crippen LogP contribution in [0.1, 0.15) is 0 Å². The largest absolute Gasteiger partial charge is 0.490 e. The molecule has 0 aliphatic rings. The molecule has 0 fully saturated rings. The first-order chi connectivity index (χ1) is 5.65. The van der Waals surface area contributed by atoms with E-state index >= 15 is 0 Å². The van der Waals surface area contributed by atoms with Crippen molar-refractivity contribution >= 4 is 34.2 Å². The molecule has 0 bridgehead atoms. The maximum absolute atomic E-state index is 8.87. The van der Waals surface area contributed by atoms with Crippen LogP contribution in [-0.2, 0) is 0 Å². The van der Waals surface area contributed by atoms with Crippen molar-refractivity contribution in [2.24, 2.45) is 5.84 Å². The summed E-state index contributed by atoms with van der Waals surface area (Å²) in [6.45, 7) is 0. The molecule has 0 aliphatic carbocycles. The zero-order chi connectivity index (χ0) is 9.14. The first-order valence-electron chi connectivity index (χ1n) is 3.27. The molecule has 0 unspecified atom stereocenters. The van der Waals surface area contributed by atoms with Gasteiger partial charge in [0.25, 0.3) is 0 Å². The van der Waals surface area contributed by atoms with Gasteiger partial charge in [0, 0.05) is 15.6 Å². The fraction of sp³-hybridized carbons (Fsp3) is 0. The number of anilines is 1. The Bertz CT molecular complexity index is 282. The average Bonchev–Trinajstić information content (AvgIpc) is 2.03. The minimum atomic E-state index is -1.51. The van der Waals surface area contributed by atoms with Gasteiger partial charge in [0.15, 0.2) is 0 Å². The molecule has 0 aliphatic heterocycles. The second kappa shape index (κ2) is 3.91. The first kappa shape index (κ1) is 9.53. The lowest BCUT2D eigenvalue weighted by atomic mass is 9.79. The highest BCUT2D eigenvalue weighted by atomic mass is 79.9. The molecule has 64 valence electrons. The van der Waals surface area contributed by atoms with Crippen molar-refractivity contribution in [3.63, 3.8) is 0 Å². The summed E-state index contributed by atoms with van der Waals surface area (Å²) in [7, 11) is -1.51. The molecule has 0 aromatic heterocycles. The molecule has 0 atom stereocenters. The van der Waals surface area contributed by atoms with Gasteiger partial charge < -0.3 is 15.5 Å². The number of nitrogens with one attached hydrogen (secondary N) is 1. The monoisotopic (exact) mass is 230 g/mol. The Balaban J connectivity index is 3.11. The van der Waals surface area contributed by atoms with E-state index in [1.54, 1.807) is 18.2 Å². The van der Waals surface area contributed by atoms with Crippen molar-refractivity contribution in [3.8, 4) is 0 Å². The minimum Gasteiger partial charge on any atom is -0.423 e. The Kier molecular flexibility index (Phi) is 3.10. The SMILES string of the molecule is NNc1cc(Br)ccc1B(O)O. The van der Waals surface area contributed by atoms with Crippen LogP contribution in [0.25, 0.3) is 0 Å². The number of hydrogen-bond acceptors (Lipinski definition) is 4. The summed E-state index contributed by atoms with van der Waals surface area (Å²) in [5.41, 5.74) is 3.20. The highest BCUT2D eigenvalue weighted by molar-refractivity contribution is 9.10. The molecule has 0 amide bonds. The van der Waals surface area contributed by atoms with E-state index in [2.05, 4.69) is 21.4 Å². The van der Waals surface area contributed by atoms with Crippen LogP contribution in [0.3, 0.4) is 0 Å². The molecule has 1 aromatic rings. The van der Waals surface area contributed by atoms with Crippen LogP contribution in [0.5, 0.6) is 0 Å². The summed E-state index contributed by atoms with van der Waals surface area (Å²) in [6, 6.07) is 4.94. The molecular formula is C6H8BBrN2O2. The lowest BCUT2D eigenvalue weighted by molar-refractivity contribution is 0.426. The van der Waals surface area contributed by atoms with Crippen LogP contribution in [0.2, 0.25) is 0 Å². The lowest BCUT2D eigenvalue weighted by Crippen LogP contribution is -2.33. The lowest BCUT2D eigenvalue weighted by Gasteiger charge is -2.07. The Morgan fingerprint density at radius 3 is 2.58 bits per heavy atom. The number of hydrazine groups is 1. The number of halogens is 1. The van der Waals surface area contributed by atoms with Crippen LogP contribution in [-0.4, -0.2) is 17.2 Å². The molecule has 0 saturated heterocycles. The van der Waals surface area contributed by atoms with Crippen molar-refractivity contribution in [1.29, 1.82) is 0 Å². The second-order valence-electron chi connectivity index (χ2n) is 2.25. The number of nitrogens with two attached hydrogens (primary N) is 1. The van der Waals surface area contributed by atoms with Crippen molar-refractivity contribution in [2.75, 3.05) is 5.43 Å². The molecule has 0 heterocycles. The van der Waals surface area contributed by atoms with Gasteiger partial charge in [-0.3, -0.25) is 5.84 Å². The van der Waals surface area contributed by atoms with Crippen LogP contribution >= 0.6 is 15.9 Å². The zero-order valence-electron chi connectivity index (χ0n) is 6.16. The molecular weight excluding hydrogens is 223 g/mol. The van der Waals surface area contributed by atoms with Gasteiger partial charge in [-0.15, -0.1) is 0 Å². The van der Waals surface area contributed by atoms with E-state index in [9.17, 15) is 0 Å². The van der Waals surface area contributed by atoms with Gasteiger partial charge in [-0.25, -0.2) is 0 Å². The predicted octanol–water partition coefficient (Wildman–Crippen LogP) is -0.585. The summed E-state index contributed by atoms with van der Waals surface area (Å²) in [6.07, 6.45) is 0. The third-order valence-electron chi connectivity index (χ3n) is 1.45. The van der Waals surface area contributed by atoms with E-state index in [0.717, 1.165) is 4.47 Å². The topological polar surface area (TPSA) is 78.5 Å². The molecule has 6 heteroatoms. The summed E-state index contributed by atoms with van der Waals surface area (Å²) in [5.74, 6) is 5.16. The quantitative estimate of drug-likeness (QED) is 0.311. The highest BCUT2D eigenvalue weighted by Crippen LogP contribution is 2.13. The van der Waals surface area contributed by atoms with Gasteiger partial charge in [-0.2, -0.15) is 0 Å². The average molecular weight is 231 g/mol. The van der Waals surface area contributed by atoms with E-state index in [4.69, 9.17) is 15.9 Å². The van der Waals surface area contributed by atoms with Crippen molar-refractivity contribution in [1.82, 2.24) is 0 Å². The Morgan fingerprint density at radius 1 is 1.42 bits per heavy atom. The smallest absolute Gasteiger partial charge is 0.423 e. The first-order valence-corrected chi connectivity index (χ1v) is 4.06. The normalized spacial score (nSPS) is 9.67. The van der Waals surface area contributed by atoms with Gasteiger partial charge in [-0.1, -0.05) is 22.0 Å². The van der Waals surface area contributed by atoms with E-state index in [-0.39, 0.29) is 0 Å². The van der Waals surface area contributed by atoms with Crippen LogP contribution in [0.4, 0.5) is 5.69 Å². The van der Waals surface area contributed by atoms with E-state index in [1.807, 2.05) is 0 Å². The third kappa shape index (κ3) is 1.98. The number of hydrogen-bond donors (Lipinski definition) is 4. The Morgan fingerprint density at radius 2 is 2.08 bits per heavy atom. The molecule has 0 saturated carbocycles. The fourth-order valence-electron chi connectivity index (χ4n) is 0.879. The Hall–Kier alpha value is -0.555. The Labute approximate surface area is 78.6 Å². The standard InChI is InChI=1S/C6H8BBrN2O2/c8-4-1-2-5(7(11)12)6(3-4)10-9/h1-3,10-12H,9H2. The molecule has 12 heavy (non-hydrogen) atoms. The van der Waals surface area contributed by atoms with Gasteiger partial charge in [-0.05, 0) is 12.1 Å². The molecule has 0 spiro atoms. The summed E-state index contributed by atoms with van der Waals surface area (Å²) >= 11 is 3.23. The second-order valence-corrected chi connectivity index (χ2v) is 3.17. The summed E-state index contributed by atoms with van der Waals surface area (Å²) in [5, 5.41) is 17.7. The van der Waals surface area contributed by atoms with Crippen LogP contribution in [0.15, 0.2) is 22.7 Å². The molecule has 1 rings (SSSR count). The molecule has 0 radical (unpaired) electrons. The maximum atomic E-state index is 8.87. The van der Waals surface area contributed by atoms with Crippen molar-refractivity contribution in [2.45, 2.75) is 0 Å². The molecule has 4 nitrogen and oxygen atoms in total. The van der Waals surface area contributed by atoms with Crippen molar-refractivity contribution in [3.05, 3.63) is 22.7 Å². The van der Waals surface area contributed by atoms with Crippen LogP contribution < -0.4 is 16.7 Å². The number of rotatable bonds is 2. The minimum absolute atomic E-state index is 0.348. The summed E-state index contributed by atoms with van der Waals surface area (Å²) < 4.78 is 0.819. The fourth-order valence-corrected chi connectivity index (χ4v) is 1.24. The van der Waals surface area contributed by atoms with Crippen molar-refractivity contribution < 1.29 is 10.0 Å². The van der Waals surface area contributed by atoms with E-state index in [0.29, 0.717) is 11.2 Å². The van der Waals surface area contributed by atoms with E-state index < -0.39 is 7.12 Å². The van der Waals surface area contributed by atoms with E-state index in [1.165, 1.54) is 0 Å². The van der Waals surface area contributed by atoms with Gasteiger partial charge in [0.2, 0.25) is 0 Å². The van der Waals surface area contributed by atoms with Gasteiger partial charge in [0.1, 0.15) is 0 Å². The third-order valence-corrected chi connectivity index (χ3v) is 1.94. The summed E-state index contributed by atoms with van der Waals surface area (Å²) in [4.78, 5) is 0. The molecule has 1 aromatic carbocycles. The predicted molar refractivity (Wildman–Crippen MR) is 51.8 cm³/mol. The highest BCUT2D eigenvalue weighted by Gasteiger charge is 2.15. The number of benzene rings is 1. The molecule has 5 N–H and O–H groups in total. The zero-order valence-corrected chi connectivity index (χ0v) is 7.75. The van der Waals surface area contributed by atoms with Crippen LogP contribution in [0, 0.1) is 0 Å². The number of nitrogen functional groups attached to an aromatic ring is 1. The van der Waals surface area contributed by atoms with Gasteiger partial charge >= 0.3 is 7.12 Å². The maximum Gasteiger partial charge on any atom is 0.490 e.